The molecule has 7 heteroatoms. The first kappa shape index (κ1) is 17.5. The van der Waals surface area contributed by atoms with E-state index >= 15 is 0 Å². The number of aliphatic carboxylic acids is 1. The Labute approximate surface area is 125 Å². The van der Waals surface area contributed by atoms with Gasteiger partial charge in [-0.2, -0.15) is 0 Å². The van der Waals surface area contributed by atoms with E-state index in [4.69, 9.17) is 9.84 Å². The zero-order chi connectivity index (χ0) is 15.9. The number of ether oxygens (including phenoxy) is 1. The normalized spacial score (nSPS) is 11.6. The van der Waals surface area contributed by atoms with Crippen molar-refractivity contribution in [1.29, 1.82) is 0 Å². The molecule has 0 aliphatic rings. The Morgan fingerprint density at radius 1 is 1.38 bits per heavy atom. The minimum atomic E-state index is -3.43. The molecule has 21 heavy (non-hydrogen) atoms. The second-order valence-corrected chi connectivity index (χ2v) is 7.00. The second-order valence-electron chi connectivity index (χ2n) is 4.80. The van der Waals surface area contributed by atoms with Crippen molar-refractivity contribution in [2.45, 2.75) is 19.8 Å². The lowest BCUT2D eigenvalue weighted by Crippen LogP contribution is -2.33. The Morgan fingerprint density at radius 2 is 2.10 bits per heavy atom. The van der Waals surface area contributed by atoms with Crippen molar-refractivity contribution in [2.24, 2.45) is 0 Å². The van der Waals surface area contributed by atoms with Gasteiger partial charge in [0.1, 0.15) is 12.4 Å². The van der Waals surface area contributed by atoms with Crippen LogP contribution in [0.4, 0.5) is 0 Å². The van der Waals surface area contributed by atoms with Gasteiger partial charge in [-0.3, -0.25) is 4.79 Å². The van der Waals surface area contributed by atoms with Crippen LogP contribution in [0.2, 0.25) is 0 Å². The predicted molar refractivity (Wildman–Crippen MR) is 80.0 cm³/mol. The summed E-state index contributed by atoms with van der Waals surface area (Å²) in [6.45, 7) is 2.42. The number of hydrogen-bond acceptors (Lipinski definition) is 4. The number of carbonyl (C=O) groups is 1. The molecule has 0 aromatic heterocycles. The lowest BCUT2D eigenvalue weighted by Gasteiger charge is -2.17. The number of likely N-dealkylation sites (N-methyl/N-ethyl adjacent to an activating group) is 1. The maximum atomic E-state index is 11.9. The molecule has 1 aromatic rings. The first-order chi connectivity index (χ1) is 9.81. The number of sulfonamides is 1. The van der Waals surface area contributed by atoms with Crippen LogP contribution in [-0.4, -0.2) is 49.8 Å². The van der Waals surface area contributed by atoms with Crippen LogP contribution >= 0.6 is 0 Å². The van der Waals surface area contributed by atoms with E-state index in [1.54, 1.807) is 0 Å². The zero-order valence-electron chi connectivity index (χ0n) is 12.3. The van der Waals surface area contributed by atoms with Crippen molar-refractivity contribution in [1.82, 2.24) is 4.31 Å². The molecule has 0 radical (unpaired) electrons. The maximum absolute atomic E-state index is 11.9. The van der Waals surface area contributed by atoms with Gasteiger partial charge in [-0.1, -0.05) is 12.1 Å². The average molecular weight is 315 g/mol. The number of rotatable bonds is 9. The van der Waals surface area contributed by atoms with Gasteiger partial charge >= 0.3 is 5.97 Å². The first-order valence-corrected chi connectivity index (χ1v) is 8.27. The van der Waals surface area contributed by atoms with E-state index in [0.717, 1.165) is 5.56 Å². The third kappa shape index (κ3) is 6.59. The Morgan fingerprint density at radius 3 is 2.71 bits per heavy atom. The van der Waals surface area contributed by atoms with Gasteiger partial charge in [0, 0.05) is 20.0 Å². The first-order valence-electron chi connectivity index (χ1n) is 6.66. The molecule has 1 aromatic carbocycles. The Balaban J connectivity index is 2.38. The molecular formula is C14H21NO5S. The Bertz CT molecular complexity index is 570. The highest BCUT2D eigenvalue weighted by Gasteiger charge is 2.17. The van der Waals surface area contributed by atoms with Crippen LogP contribution in [0.1, 0.15) is 18.4 Å². The van der Waals surface area contributed by atoms with Crippen LogP contribution in [0.5, 0.6) is 5.75 Å². The van der Waals surface area contributed by atoms with Crippen LogP contribution in [-0.2, 0) is 14.8 Å². The highest BCUT2D eigenvalue weighted by atomic mass is 32.2. The van der Waals surface area contributed by atoms with Crippen LogP contribution < -0.4 is 4.74 Å². The van der Waals surface area contributed by atoms with Gasteiger partial charge < -0.3 is 9.84 Å². The zero-order valence-corrected chi connectivity index (χ0v) is 13.1. The molecule has 0 atom stereocenters. The molecular weight excluding hydrogens is 294 g/mol. The summed E-state index contributed by atoms with van der Waals surface area (Å²) in [5.41, 5.74) is 1.07. The third-order valence-electron chi connectivity index (χ3n) is 2.93. The SMILES string of the molecule is Cc1cccc(OCCN(C)S(=O)(=O)CCCC(=O)O)c1. The molecule has 0 bridgehead atoms. The Hall–Kier alpha value is -1.60. The van der Waals surface area contributed by atoms with Gasteiger partial charge in [0.15, 0.2) is 0 Å². The van der Waals surface area contributed by atoms with E-state index in [9.17, 15) is 13.2 Å². The van der Waals surface area contributed by atoms with Gasteiger partial charge in [-0.15, -0.1) is 0 Å². The number of hydrogen-bond donors (Lipinski definition) is 1. The summed E-state index contributed by atoms with van der Waals surface area (Å²) >= 11 is 0. The summed E-state index contributed by atoms with van der Waals surface area (Å²) in [6, 6.07) is 7.51. The molecule has 0 unspecified atom stereocenters. The third-order valence-corrected chi connectivity index (χ3v) is 4.87. The van der Waals surface area contributed by atoms with Gasteiger partial charge in [-0.25, -0.2) is 12.7 Å². The standard InChI is InChI=1S/C14H21NO5S/c1-12-5-3-6-13(11-12)20-9-8-15(2)21(18,19)10-4-7-14(16)17/h3,5-6,11H,4,7-10H2,1-2H3,(H,16,17). The van der Waals surface area contributed by atoms with E-state index in [2.05, 4.69) is 0 Å². The molecule has 0 aliphatic carbocycles. The van der Waals surface area contributed by atoms with Gasteiger partial charge in [-0.05, 0) is 31.0 Å². The molecule has 1 rings (SSSR count). The summed E-state index contributed by atoms with van der Waals surface area (Å²) in [6.07, 6.45) is -0.0341. The number of nitrogens with zero attached hydrogens (tertiary/aromatic N) is 1. The molecule has 1 N–H and O–H groups in total. The average Bonchev–Trinajstić information content (AvgIpc) is 2.38. The molecule has 6 nitrogen and oxygen atoms in total. The quantitative estimate of drug-likeness (QED) is 0.746. The summed E-state index contributed by atoms with van der Waals surface area (Å²) in [4.78, 5) is 10.4. The van der Waals surface area contributed by atoms with Crippen molar-refractivity contribution in [3.8, 4) is 5.75 Å². The fourth-order valence-electron chi connectivity index (χ4n) is 1.70. The van der Waals surface area contributed by atoms with Crippen LogP contribution in [0, 0.1) is 6.92 Å². The van der Waals surface area contributed by atoms with Crippen molar-refractivity contribution in [3.05, 3.63) is 29.8 Å². The number of aryl methyl sites for hydroxylation is 1. The fraction of sp³-hybridized carbons (Fsp3) is 0.500. The fourth-order valence-corrected chi connectivity index (χ4v) is 2.87. The van der Waals surface area contributed by atoms with Gasteiger partial charge in [0.25, 0.3) is 0 Å². The largest absolute Gasteiger partial charge is 0.492 e. The molecule has 0 spiro atoms. The van der Waals surface area contributed by atoms with E-state index in [-0.39, 0.29) is 31.7 Å². The van der Waals surface area contributed by atoms with Crippen molar-refractivity contribution < 1.29 is 23.1 Å². The van der Waals surface area contributed by atoms with Crippen LogP contribution in [0.25, 0.3) is 0 Å². The van der Waals surface area contributed by atoms with Crippen molar-refractivity contribution in [2.75, 3.05) is 26.0 Å². The number of benzene rings is 1. The molecule has 0 saturated carbocycles. The molecule has 118 valence electrons. The van der Waals surface area contributed by atoms with Gasteiger partial charge in [0.2, 0.25) is 10.0 Å². The summed E-state index contributed by atoms with van der Waals surface area (Å²) in [5.74, 6) is -0.456. The lowest BCUT2D eigenvalue weighted by molar-refractivity contribution is -0.137. The topological polar surface area (TPSA) is 83.9 Å². The van der Waals surface area contributed by atoms with Crippen molar-refractivity contribution in [3.63, 3.8) is 0 Å². The molecule has 0 amide bonds. The van der Waals surface area contributed by atoms with E-state index in [1.807, 2.05) is 31.2 Å². The highest BCUT2D eigenvalue weighted by molar-refractivity contribution is 7.89. The van der Waals surface area contributed by atoms with Crippen LogP contribution in [0.15, 0.2) is 24.3 Å². The molecule has 0 saturated heterocycles. The second kappa shape index (κ2) is 7.99. The smallest absolute Gasteiger partial charge is 0.303 e. The minimum Gasteiger partial charge on any atom is -0.492 e. The minimum absolute atomic E-state index is 0.112. The predicted octanol–water partition coefficient (Wildman–Crippen LogP) is 1.50. The van der Waals surface area contributed by atoms with Gasteiger partial charge in [0.05, 0.1) is 5.75 Å². The van der Waals surface area contributed by atoms with E-state index < -0.39 is 16.0 Å². The van der Waals surface area contributed by atoms with E-state index in [1.165, 1.54) is 11.4 Å². The molecule has 0 aliphatic heterocycles. The molecule has 0 heterocycles. The Kier molecular flexibility index (Phi) is 6.64. The lowest BCUT2D eigenvalue weighted by atomic mass is 10.2. The number of carboxylic acid groups (broad SMARTS) is 1. The van der Waals surface area contributed by atoms with E-state index in [0.29, 0.717) is 5.75 Å². The molecule has 0 fully saturated rings. The summed E-state index contributed by atoms with van der Waals surface area (Å²) in [7, 11) is -1.96. The summed E-state index contributed by atoms with van der Waals surface area (Å²) < 4.78 is 30.5. The summed E-state index contributed by atoms with van der Waals surface area (Å²) in [5, 5.41) is 8.51. The van der Waals surface area contributed by atoms with Crippen LogP contribution in [0.3, 0.4) is 0 Å². The highest BCUT2D eigenvalue weighted by Crippen LogP contribution is 2.12. The number of carboxylic acids is 1. The monoisotopic (exact) mass is 315 g/mol. The maximum Gasteiger partial charge on any atom is 0.303 e. The van der Waals surface area contributed by atoms with Crippen molar-refractivity contribution >= 4 is 16.0 Å².